The molecule has 0 bridgehead atoms. The van der Waals surface area contributed by atoms with Gasteiger partial charge in [-0.25, -0.2) is 13.6 Å². The maximum Gasteiger partial charge on any atom is 0.404 e. The molecule has 150 valence electrons. The smallest absolute Gasteiger partial charge is 0.404 e. The van der Waals surface area contributed by atoms with Gasteiger partial charge in [-0.2, -0.15) is 0 Å². The van der Waals surface area contributed by atoms with Gasteiger partial charge in [0.2, 0.25) is 5.92 Å². The van der Waals surface area contributed by atoms with Crippen molar-refractivity contribution >= 4 is 6.09 Å². The third-order valence-corrected chi connectivity index (χ3v) is 5.01. The molecule has 28 heavy (non-hydrogen) atoms. The third-order valence-electron chi connectivity index (χ3n) is 5.01. The lowest BCUT2D eigenvalue weighted by atomic mass is 9.82. The summed E-state index contributed by atoms with van der Waals surface area (Å²) in [6.45, 7) is -0.0208. The maximum atomic E-state index is 13.7. The Hall–Kier alpha value is -2.90. The van der Waals surface area contributed by atoms with Crippen molar-refractivity contribution < 1.29 is 23.4 Å². The second-order valence-electron chi connectivity index (χ2n) is 7.09. The predicted octanol–water partition coefficient (Wildman–Crippen LogP) is 3.50. The molecule has 0 radical (unpaired) electrons. The van der Waals surface area contributed by atoms with Gasteiger partial charge < -0.3 is 19.7 Å². The highest BCUT2D eigenvalue weighted by Gasteiger charge is 2.42. The fraction of sp³-hybridized carbons (Fsp3) is 0.400. The van der Waals surface area contributed by atoms with E-state index in [2.05, 4.69) is 5.32 Å². The summed E-state index contributed by atoms with van der Waals surface area (Å²) in [5.41, 5.74) is 1.15. The van der Waals surface area contributed by atoms with Crippen LogP contribution >= 0.6 is 0 Å². The minimum atomic E-state index is -2.82. The number of aromatic nitrogens is 1. The molecule has 1 saturated carbocycles. The van der Waals surface area contributed by atoms with Crippen molar-refractivity contribution in [1.29, 1.82) is 0 Å². The van der Waals surface area contributed by atoms with Crippen molar-refractivity contribution in [2.24, 2.45) is 13.0 Å². The molecule has 2 N–H and O–H groups in total. The van der Waals surface area contributed by atoms with Gasteiger partial charge in [-0.15, -0.1) is 0 Å². The monoisotopic (exact) mass is 392 g/mol. The van der Waals surface area contributed by atoms with E-state index in [0.29, 0.717) is 11.3 Å². The van der Waals surface area contributed by atoms with Gasteiger partial charge in [-0.05, 0) is 36.2 Å². The molecule has 0 unspecified atom stereocenters. The Morgan fingerprint density at radius 2 is 2.04 bits per heavy atom. The molecule has 1 aromatic heterocycles. The average Bonchev–Trinajstić information content (AvgIpc) is 2.64. The summed E-state index contributed by atoms with van der Waals surface area (Å²) in [6, 6.07) is 9.74. The molecule has 1 amide bonds. The molecule has 3 rings (SSSR count). The lowest BCUT2D eigenvalue weighted by molar-refractivity contribution is -0.0677. The van der Waals surface area contributed by atoms with Crippen molar-refractivity contribution in [2.75, 3.05) is 6.61 Å². The quantitative estimate of drug-likeness (QED) is 0.816. The van der Waals surface area contributed by atoms with Gasteiger partial charge in [0.1, 0.15) is 5.75 Å². The van der Waals surface area contributed by atoms with Gasteiger partial charge in [0.15, 0.2) is 0 Å². The number of amides is 1. The Bertz CT molecular complexity index is 896. The fourth-order valence-electron chi connectivity index (χ4n) is 3.51. The van der Waals surface area contributed by atoms with E-state index in [1.807, 2.05) is 0 Å². The molecule has 0 spiro atoms. The lowest BCUT2D eigenvalue weighted by Gasteiger charge is -2.35. The first kappa shape index (κ1) is 19.9. The van der Waals surface area contributed by atoms with E-state index >= 15 is 0 Å². The highest BCUT2D eigenvalue weighted by atomic mass is 19.3. The van der Waals surface area contributed by atoms with Gasteiger partial charge in [-0.1, -0.05) is 12.1 Å². The normalized spacial score (nSPS) is 21.1. The summed E-state index contributed by atoms with van der Waals surface area (Å²) < 4.78 is 34.6. The highest BCUT2D eigenvalue weighted by Crippen LogP contribution is 2.37. The lowest BCUT2D eigenvalue weighted by Crippen LogP contribution is -2.48. The second kappa shape index (κ2) is 8.00. The van der Waals surface area contributed by atoms with Crippen LogP contribution in [0, 0.1) is 5.92 Å². The topological polar surface area (TPSA) is 80.6 Å². The number of hydrogen-bond acceptors (Lipinski definition) is 3. The zero-order chi connectivity index (χ0) is 20.3. The highest BCUT2D eigenvalue weighted by molar-refractivity contribution is 5.65. The molecule has 0 aliphatic heterocycles. The van der Waals surface area contributed by atoms with Gasteiger partial charge in [0, 0.05) is 43.6 Å². The number of carbonyl (C=O) groups is 1. The summed E-state index contributed by atoms with van der Waals surface area (Å²) in [5.74, 6) is -2.97. The van der Waals surface area contributed by atoms with Crippen molar-refractivity contribution in [2.45, 2.75) is 31.2 Å². The minimum absolute atomic E-state index is 0.0208. The van der Waals surface area contributed by atoms with Crippen LogP contribution in [0.3, 0.4) is 0 Å². The molecule has 1 aliphatic carbocycles. The number of aryl methyl sites for hydroxylation is 1. The fourth-order valence-corrected chi connectivity index (χ4v) is 3.51. The second-order valence-corrected chi connectivity index (χ2v) is 7.09. The number of nitrogens with zero attached hydrogens (tertiary/aromatic N) is 1. The van der Waals surface area contributed by atoms with Crippen LogP contribution in [0.5, 0.6) is 5.75 Å². The molecule has 1 aliphatic rings. The SMILES string of the molecule is Cn1cccc(-c2ccc(OC[C@@H]3CC(F)(F)CC[C@@H]3NC(=O)O)cc2)c1=O. The number of rotatable bonds is 5. The van der Waals surface area contributed by atoms with Crippen LogP contribution in [0.4, 0.5) is 13.6 Å². The number of hydrogen-bond donors (Lipinski definition) is 2. The number of nitrogens with one attached hydrogen (secondary N) is 1. The van der Waals surface area contributed by atoms with Crippen molar-refractivity contribution in [3.05, 3.63) is 52.9 Å². The van der Waals surface area contributed by atoms with Gasteiger partial charge in [0.05, 0.1) is 6.61 Å². The molecule has 6 nitrogen and oxygen atoms in total. The minimum Gasteiger partial charge on any atom is -0.493 e. The molecule has 8 heteroatoms. The van der Waals surface area contributed by atoms with Crippen LogP contribution in [0.1, 0.15) is 19.3 Å². The Balaban J connectivity index is 1.68. The molecule has 1 heterocycles. The zero-order valence-electron chi connectivity index (χ0n) is 15.4. The van der Waals surface area contributed by atoms with E-state index in [1.165, 1.54) is 4.57 Å². The number of ether oxygens (including phenoxy) is 1. The van der Waals surface area contributed by atoms with Gasteiger partial charge >= 0.3 is 6.09 Å². The number of carboxylic acid groups (broad SMARTS) is 1. The Morgan fingerprint density at radius 3 is 2.71 bits per heavy atom. The first-order chi connectivity index (χ1) is 13.2. The van der Waals surface area contributed by atoms with Crippen molar-refractivity contribution in [3.63, 3.8) is 0 Å². The summed E-state index contributed by atoms with van der Waals surface area (Å²) in [6.07, 6.45) is -0.242. The van der Waals surface area contributed by atoms with E-state index in [1.54, 1.807) is 49.6 Å². The molecular weight excluding hydrogens is 370 g/mol. The van der Waals surface area contributed by atoms with E-state index < -0.39 is 30.4 Å². The van der Waals surface area contributed by atoms with Crippen LogP contribution in [-0.4, -0.2) is 34.3 Å². The van der Waals surface area contributed by atoms with Crippen LogP contribution < -0.4 is 15.6 Å². The first-order valence-electron chi connectivity index (χ1n) is 9.01. The molecule has 2 atom stereocenters. The van der Waals surface area contributed by atoms with E-state index in [9.17, 15) is 18.4 Å². The molecular formula is C20H22F2N2O4. The van der Waals surface area contributed by atoms with Crippen LogP contribution in [0.15, 0.2) is 47.4 Å². The van der Waals surface area contributed by atoms with Crippen molar-refractivity contribution in [1.82, 2.24) is 9.88 Å². The van der Waals surface area contributed by atoms with Crippen LogP contribution in [0.25, 0.3) is 11.1 Å². The number of halogens is 2. The van der Waals surface area contributed by atoms with Crippen LogP contribution in [-0.2, 0) is 7.05 Å². The Morgan fingerprint density at radius 1 is 1.32 bits per heavy atom. The summed E-state index contributed by atoms with van der Waals surface area (Å²) in [7, 11) is 1.67. The largest absolute Gasteiger partial charge is 0.493 e. The average molecular weight is 392 g/mol. The standard InChI is InChI=1S/C20H22F2N2O4/c1-24-10-2-3-16(18(24)25)13-4-6-15(7-5-13)28-12-14-11-20(21,22)9-8-17(14)23-19(26)27/h2-7,10,14,17,23H,8-9,11-12H2,1H3,(H,26,27)/t14-,17-/m0/s1. The van der Waals surface area contributed by atoms with E-state index in [-0.39, 0.29) is 25.0 Å². The third kappa shape index (κ3) is 4.68. The Kier molecular flexibility index (Phi) is 5.67. The number of benzene rings is 1. The van der Waals surface area contributed by atoms with E-state index in [0.717, 1.165) is 5.56 Å². The molecule has 2 aromatic rings. The van der Waals surface area contributed by atoms with E-state index in [4.69, 9.17) is 9.84 Å². The first-order valence-corrected chi connectivity index (χ1v) is 9.01. The van der Waals surface area contributed by atoms with Crippen LogP contribution in [0.2, 0.25) is 0 Å². The molecule has 1 aromatic carbocycles. The number of alkyl halides is 2. The molecule has 1 fully saturated rings. The molecule has 0 saturated heterocycles. The number of pyridine rings is 1. The predicted molar refractivity (Wildman–Crippen MR) is 99.9 cm³/mol. The van der Waals surface area contributed by atoms with Crippen molar-refractivity contribution in [3.8, 4) is 16.9 Å². The summed E-state index contributed by atoms with van der Waals surface area (Å²) in [5, 5.41) is 11.2. The maximum absolute atomic E-state index is 13.7. The zero-order valence-corrected chi connectivity index (χ0v) is 15.4. The van der Waals surface area contributed by atoms with Gasteiger partial charge in [-0.3, -0.25) is 4.79 Å². The summed E-state index contributed by atoms with van der Waals surface area (Å²) >= 11 is 0. The van der Waals surface area contributed by atoms with Gasteiger partial charge in [0.25, 0.3) is 5.56 Å². The summed E-state index contributed by atoms with van der Waals surface area (Å²) in [4.78, 5) is 23.1. The Labute approximate surface area is 160 Å².